The predicted molar refractivity (Wildman–Crippen MR) is 126 cm³/mol. The van der Waals surface area contributed by atoms with Crippen molar-refractivity contribution in [1.82, 2.24) is 14.9 Å². The first-order valence-electron chi connectivity index (χ1n) is 10.7. The minimum atomic E-state index is -0.440. The van der Waals surface area contributed by atoms with Crippen molar-refractivity contribution in [2.45, 2.75) is 32.9 Å². The molecular formula is C25H31FN4O2. The second-order valence-corrected chi connectivity index (χ2v) is 7.72. The number of carbonyl (C=O) groups is 1. The van der Waals surface area contributed by atoms with E-state index in [1.54, 1.807) is 30.2 Å². The molecule has 0 bridgehead atoms. The number of nitrogens with one attached hydrogen (secondary N) is 1. The molecular weight excluding hydrogens is 407 g/mol. The van der Waals surface area contributed by atoms with Gasteiger partial charge in [0.25, 0.3) is 5.91 Å². The molecule has 2 aromatic carbocycles. The molecule has 0 spiro atoms. The molecule has 0 atom stereocenters. The molecule has 0 aliphatic carbocycles. The van der Waals surface area contributed by atoms with Gasteiger partial charge in [-0.2, -0.15) is 0 Å². The number of ether oxygens (including phenoxy) is 1. The summed E-state index contributed by atoms with van der Waals surface area (Å²) in [6.45, 7) is 5.55. The molecule has 3 aromatic rings. The molecule has 7 heteroatoms. The summed E-state index contributed by atoms with van der Waals surface area (Å²) in [5, 5.41) is 3.12. The van der Waals surface area contributed by atoms with Gasteiger partial charge in [0, 0.05) is 46.0 Å². The molecule has 1 amide bonds. The highest BCUT2D eigenvalue weighted by atomic mass is 19.1. The highest BCUT2D eigenvalue weighted by molar-refractivity contribution is 6.00. The van der Waals surface area contributed by atoms with Gasteiger partial charge in [-0.15, -0.1) is 0 Å². The zero-order valence-electron chi connectivity index (χ0n) is 18.7. The molecule has 1 aromatic heterocycles. The van der Waals surface area contributed by atoms with Crippen LogP contribution in [-0.2, 0) is 11.3 Å². The number of nitrogens with zero attached hydrogens (tertiary/aromatic N) is 3. The van der Waals surface area contributed by atoms with Gasteiger partial charge in [0.05, 0.1) is 11.3 Å². The fourth-order valence-corrected chi connectivity index (χ4v) is 3.32. The number of carbonyl (C=O) groups excluding carboxylic acids is 1. The number of hydrogen-bond donors (Lipinski definition) is 1. The number of amides is 1. The van der Waals surface area contributed by atoms with Crippen molar-refractivity contribution >= 4 is 11.9 Å². The number of rotatable bonds is 10. The maximum Gasteiger partial charge on any atom is 0.258 e. The molecule has 6 nitrogen and oxygen atoms in total. The van der Waals surface area contributed by atoms with Crippen LogP contribution < -0.4 is 5.32 Å². The first-order valence-corrected chi connectivity index (χ1v) is 10.7. The minimum Gasteiger partial charge on any atom is -0.385 e. The van der Waals surface area contributed by atoms with Gasteiger partial charge in [0.2, 0.25) is 5.95 Å². The van der Waals surface area contributed by atoms with Crippen LogP contribution in [-0.4, -0.2) is 47.1 Å². The molecule has 0 aliphatic heterocycles. The van der Waals surface area contributed by atoms with Crippen LogP contribution in [0.25, 0.3) is 11.3 Å². The van der Waals surface area contributed by atoms with E-state index in [9.17, 15) is 9.18 Å². The van der Waals surface area contributed by atoms with E-state index in [-0.39, 0.29) is 30.2 Å². The van der Waals surface area contributed by atoms with Crippen molar-refractivity contribution < 1.29 is 15.3 Å². The standard InChI is InChI=1S/C25H29FN4O2.H2/c1-18(2)30(17-19-10-5-4-6-11-19)24(31)21-16-28-25(27-14-9-15-32-3)29-23(21)20-12-7-8-13-22(20)26;/h4-8,10-13,16,18H,9,14-15,17H2,1-3H3,(H,27,28,29);1H. The Kier molecular flexibility index (Phi) is 8.27. The summed E-state index contributed by atoms with van der Waals surface area (Å²) in [6, 6.07) is 16.0. The summed E-state index contributed by atoms with van der Waals surface area (Å²) in [5.74, 6) is -0.340. The van der Waals surface area contributed by atoms with Gasteiger partial charge in [0.1, 0.15) is 5.82 Å². The van der Waals surface area contributed by atoms with E-state index in [1.165, 1.54) is 12.3 Å². The third-order valence-corrected chi connectivity index (χ3v) is 5.04. The third-order valence-electron chi connectivity index (χ3n) is 5.04. The normalized spacial score (nSPS) is 10.9. The molecule has 0 unspecified atom stereocenters. The molecule has 1 heterocycles. The van der Waals surface area contributed by atoms with Crippen LogP contribution in [0.5, 0.6) is 0 Å². The summed E-state index contributed by atoms with van der Waals surface area (Å²) >= 11 is 0. The number of anilines is 1. The van der Waals surface area contributed by atoms with Crippen LogP contribution in [0.2, 0.25) is 0 Å². The van der Waals surface area contributed by atoms with Crippen LogP contribution in [0.4, 0.5) is 10.3 Å². The number of hydrogen-bond acceptors (Lipinski definition) is 5. The van der Waals surface area contributed by atoms with Gasteiger partial charge in [0.15, 0.2) is 0 Å². The van der Waals surface area contributed by atoms with Crippen LogP contribution in [0.3, 0.4) is 0 Å². The SMILES string of the molecule is COCCCNc1ncc(C(=O)N(Cc2ccccc2)C(C)C)c(-c2ccccc2F)n1.[HH]. The van der Waals surface area contributed by atoms with Gasteiger partial charge in [-0.05, 0) is 38.0 Å². The Labute approximate surface area is 190 Å². The third kappa shape index (κ3) is 5.88. The largest absolute Gasteiger partial charge is 0.385 e. The predicted octanol–water partition coefficient (Wildman–Crippen LogP) is 5.03. The van der Waals surface area contributed by atoms with Crippen molar-refractivity contribution in [3.05, 3.63) is 77.7 Å². The van der Waals surface area contributed by atoms with Crippen molar-refractivity contribution in [3.63, 3.8) is 0 Å². The Hall–Kier alpha value is -3.32. The monoisotopic (exact) mass is 438 g/mol. The van der Waals surface area contributed by atoms with Crippen LogP contribution >= 0.6 is 0 Å². The fraction of sp³-hybridized carbons (Fsp3) is 0.320. The molecule has 1 N–H and O–H groups in total. The highest BCUT2D eigenvalue weighted by Gasteiger charge is 2.25. The first kappa shape index (κ1) is 23.3. The molecule has 0 fully saturated rings. The lowest BCUT2D eigenvalue weighted by Crippen LogP contribution is -2.37. The Balaban J connectivity index is 0.00000385. The second-order valence-electron chi connectivity index (χ2n) is 7.72. The van der Waals surface area contributed by atoms with Crippen LogP contribution in [0.1, 0.15) is 37.6 Å². The number of methoxy groups -OCH3 is 1. The Morgan fingerprint density at radius 1 is 1.16 bits per heavy atom. The van der Waals surface area contributed by atoms with Gasteiger partial charge in [-0.1, -0.05) is 42.5 Å². The molecule has 0 saturated heterocycles. The summed E-state index contributed by atoms with van der Waals surface area (Å²) in [6.07, 6.45) is 2.25. The van der Waals surface area contributed by atoms with E-state index in [4.69, 9.17) is 4.74 Å². The number of halogens is 1. The number of aromatic nitrogens is 2. The van der Waals surface area contributed by atoms with E-state index in [2.05, 4.69) is 15.3 Å². The van der Waals surface area contributed by atoms with Gasteiger partial charge in [-0.25, -0.2) is 14.4 Å². The second kappa shape index (κ2) is 11.3. The maximum atomic E-state index is 14.7. The van der Waals surface area contributed by atoms with E-state index >= 15 is 0 Å². The topological polar surface area (TPSA) is 67.3 Å². The van der Waals surface area contributed by atoms with Crippen molar-refractivity contribution in [3.8, 4) is 11.3 Å². The van der Waals surface area contributed by atoms with E-state index in [0.717, 1.165) is 12.0 Å². The lowest BCUT2D eigenvalue weighted by atomic mass is 10.0. The Bertz CT molecular complexity index is 1030. The molecule has 0 aliphatic rings. The molecule has 32 heavy (non-hydrogen) atoms. The van der Waals surface area contributed by atoms with Gasteiger partial charge in [-0.3, -0.25) is 4.79 Å². The van der Waals surface area contributed by atoms with Gasteiger partial charge < -0.3 is 15.0 Å². The lowest BCUT2D eigenvalue weighted by Gasteiger charge is -2.27. The quantitative estimate of drug-likeness (QED) is 0.450. The van der Waals surface area contributed by atoms with Crippen molar-refractivity contribution in [1.29, 1.82) is 0 Å². The average Bonchev–Trinajstić information content (AvgIpc) is 2.80. The summed E-state index contributed by atoms with van der Waals surface area (Å²) in [5.41, 5.74) is 1.82. The Morgan fingerprint density at radius 3 is 2.56 bits per heavy atom. The molecule has 3 rings (SSSR count). The zero-order valence-corrected chi connectivity index (χ0v) is 18.7. The Morgan fingerprint density at radius 2 is 1.88 bits per heavy atom. The van der Waals surface area contributed by atoms with Crippen LogP contribution in [0, 0.1) is 5.82 Å². The summed E-state index contributed by atoms with van der Waals surface area (Å²) in [7, 11) is 1.64. The smallest absolute Gasteiger partial charge is 0.258 e. The fourth-order valence-electron chi connectivity index (χ4n) is 3.32. The molecule has 170 valence electrons. The number of benzene rings is 2. The summed E-state index contributed by atoms with van der Waals surface area (Å²) in [4.78, 5) is 24.2. The van der Waals surface area contributed by atoms with E-state index in [1.807, 2.05) is 44.2 Å². The highest BCUT2D eigenvalue weighted by Crippen LogP contribution is 2.27. The average molecular weight is 439 g/mol. The lowest BCUT2D eigenvalue weighted by molar-refractivity contribution is 0.0690. The zero-order chi connectivity index (χ0) is 22.9. The van der Waals surface area contributed by atoms with Gasteiger partial charge >= 0.3 is 0 Å². The molecule has 0 radical (unpaired) electrons. The minimum absolute atomic E-state index is 0. The molecule has 0 saturated carbocycles. The maximum absolute atomic E-state index is 14.7. The summed E-state index contributed by atoms with van der Waals surface area (Å²) < 4.78 is 19.7. The van der Waals surface area contributed by atoms with E-state index < -0.39 is 5.82 Å². The van der Waals surface area contributed by atoms with Crippen molar-refractivity contribution in [2.75, 3.05) is 25.6 Å². The van der Waals surface area contributed by atoms with E-state index in [0.29, 0.717) is 25.6 Å². The van der Waals surface area contributed by atoms with Crippen LogP contribution in [0.15, 0.2) is 60.8 Å². The van der Waals surface area contributed by atoms with Crippen molar-refractivity contribution in [2.24, 2.45) is 0 Å². The first-order chi connectivity index (χ1) is 15.5.